The molecule has 102 valence electrons. The quantitative estimate of drug-likeness (QED) is 0.860. The highest BCUT2D eigenvalue weighted by molar-refractivity contribution is 5.52. The summed E-state index contributed by atoms with van der Waals surface area (Å²) in [7, 11) is 0. The van der Waals surface area contributed by atoms with Gasteiger partial charge < -0.3 is 15.3 Å². The van der Waals surface area contributed by atoms with Gasteiger partial charge >= 0.3 is 0 Å². The van der Waals surface area contributed by atoms with Gasteiger partial charge in [0, 0.05) is 31.4 Å². The van der Waals surface area contributed by atoms with Gasteiger partial charge in [0.2, 0.25) is 0 Å². The molecule has 0 bridgehead atoms. The number of rotatable bonds is 3. The largest absolute Gasteiger partial charge is 0.396 e. The van der Waals surface area contributed by atoms with Crippen molar-refractivity contribution in [2.75, 3.05) is 31.1 Å². The highest BCUT2D eigenvalue weighted by Crippen LogP contribution is 2.22. The smallest absolute Gasteiger partial charge is 0.0992 e. The zero-order chi connectivity index (χ0) is 13.7. The van der Waals surface area contributed by atoms with Gasteiger partial charge in [0.25, 0.3) is 0 Å². The lowest BCUT2D eigenvalue weighted by Crippen LogP contribution is -2.41. The Morgan fingerprint density at radius 2 is 2.32 bits per heavy atom. The molecule has 2 N–H and O–H groups in total. The van der Waals surface area contributed by atoms with Crippen molar-refractivity contribution < 1.29 is 5.11 Å². The molecule has 1 aliphatic heterocycles. The van der Waals surface area contributed by atoms with Crippen molar-refractivity contribution in [2.45, 2.75) is 19.4 Å². The van der Waals surface area contributed by atoms with Crippen LogP contribution in [-0.4, -0.2) is 37.4 Å². The van der Waals surface area contributed by atoms with Gasteiger partial charge in [0.1, 0.15) is 0 Å². The van der Waals surface area contributed by atoms with Crippen molar-refractivity contribution in [3.8, 4) is 6.07 Å². The van der Waals surface area contributed by atoms with Gasteiger partial charge in [0.15, 0.2) is 0 Å². The Kier molecular flexibility index (Phi) is 4.78. The van der Waals surface area contributed by atoms with Crippen molar-refractivity contribution in [3.05, 3.63) is 29.8 Å². The molecule has 1 heterocycles. The fourth-order valence-corrected chi connectivity index (χ4v) is 2.63. The van der Waals surface area contributed by atoms with Crippen LogP contribution in [0.2, 0.25) is 0 Å². The van der Waals surface area contributed by atoms with Crippen LogP contribution in [0.5, 0.6) is 0 Å². The molecule has 1 aromatic rings. The Bertz CT molecular complexity index is 455. The Balaban J connectivity index is 2.27. The van der Waals surface area contributed by atoms with E-state index in [-0.39, 0.29) is 12.6 Å². The predicted molar refractivity (Wildman–Crippen MR) is 76.0 cm³/mol. The molecule has 4 heteroatoms. The van der Waals surface area contributed by atoms with Gasteiger partial charge in [0.05, 0.1) is 11.6 Å². The van der Waals surface area contributed by atoms with Crippen LogP contribution in [0.25, 0.3) is 0 Å². The molecule has 1 aliphatic rings. The third-order valence-corrected chi connectivity index (χ3v) is 3.59. The number of aliphatic hydroxyl groups is 1. The van der Waals surface area contributed by atoms with E-state index in [1.165, 1.54) is 0 Å². The van der Waals surface area contributed by atoms with Gasteiger partial charge in [-0.3, -0.25) is 0 Å². The fourth-order valence-electron chi connectivity index (χ4n) is 2.63. The predicted octanol–water partition coefficient (Wildman–Crippen LogP) is 1.35. The van der Waals surface area contributed by atoms with Crippen molar-refractivity contribution in [1.29, 1.82) is 5.26 Å². The van der Waals surface area contributed by atoms with Gasteiger partial charge in [-0.05, 0) is 37.1 Å². The van der Waals surface area contributed by atoms with Crippen molar-refractivity contribution >= 4 is 5.69 Å². The molecule has 1 aromatic carbocycles. The van der Waals surface area contributed by atoms with Gasteiger partial charge in [-0.2, -0.15) is 5.26 Å². The van der Waals surface area contributed by atoms with E-state index < -0.39 is 0 Å². The molecule has 1 fully saturated rings. The van der Waals surface area contributed by atoms with Crippen LogP contribution in [0, 0.1) is 17.2 Å². The normalized spacial score (nSPS) is 23.7. The van der Waals surface area contributed by atoms with Crippen LogP contribution in [0.3, 0.4) is 0 Å². The van der Waals surface area contributed by atoms with Gasteiger partial charge in [-0.1, -0.05) is 13.0 Å². The molecular weight excluding hydrogens is 238 g/mol. The maximum absolute atomic E-state index is 9.23. The molecule has 0 spiro atoms. The number of hydrogen-bond donors (Lipinski definition) is 2. The molecule has 0 saturated carbocycles. The lowest BCUT2D eigenvalue weighted by atomic mass is 10.1. The Morgan fingerprint density at radius 1 is 1.47 bits per heavy atom. The van der Waals surface area contributed by atoms with E-state index >= 15 is 0 Å². The third-order valence-electron chi connectivity index (χ3n) is 3.59. The molecule has 2 unspecified atom stereocenters. The topological polar surface area (TPSA) is 59.3 Å². The van der Waals surface area contributed by atoms with E-state index in [1.54, 1.807) is 0 Å². The molecule has 19 heavy (non-hydrogen) atoms. The van der Waals surface area contributed by atoms with Gasteiger partial charge in [-0.15, -0.1) is 0 Å². The third kappa shape index (κ3) is 3.46. The highest BCUT2D eigenvalue weighted by atomic mass is 16.3. The minimum atomic E-state index is 0.190. The summed E-state index contributed by atoms with van der Waals surface area (Å²) >= 11 is 0. The number of benzene rings is 1. The number of nitrogens with one attached hydrogen (secondary N) is 1. The number of aliphatic hydroxyl groups excluding tert-OH is 1. The number of anilines is 1. The summed E-state index contributed by atoms with van der Waals surface area (Å²) in [5, 5.41) is 21.7. The molecular formula is C15H21N3O. The summed E-state index contributed by atoms with van der Waals surface area (Å²) in [5.74, 6) is 0.550. The minimum absolute atomic E-state index is 0.190. The van der Waals surface area contributed by atoms with E-state index in [9.17, 15) is 5.11 Å². The molecule has 2 atom stereocenters. The first-order valence-electron chi connectivity index (χ1n) is 6.83. The summed E-state index contributed by atoms with van der Waals surface area (Å²) in [4.78, 5) is 2.32. The van der Waals surface area contributed by atoms with E-state index in [1.807, 2.05) is 24.3 Å². The molecule has 0 aliphatic carbocycles. The van der Waals surface area contributed by atoms with E-state index in [2.05, 4.69) is 23.2 Å². The van der Waals surface area contributed by atoms with E-state index in [0.717, 1.165) is 31.7 Å². The maximum atomic E-state index is 9.23. The minimum Gasteiger partial charge on any atom is -0.396 e. The lowest BCUT2D eigenvalue weighted by molar-refractivity contribution is 0.272. The second-order valence-electron chi connectivity index (χ2n) is 5.24. The summed E-state index contributed by atoms with van der Waals surface area (Å²) < 4.78 is 0. The van der Waals surface area contributed by atoms with E-state index in [0.29, 0.717) is 11.5 Å². The van der Waals surface area contributed by atoms with E-state index in [4.69, 9.17) is 5.26 Å². The Hall–Kier alpha value is -1.57. The Morgan fingerprint density at radius 3 is 3.05 bits per heavy atom. The maximum Gasteiger partial charge on any atom is 0.0992 e. The van der Waals surface area contributed by atoms with Crippen LogP contribution < -0.4 is 10.2 Å². The zero-order valence-electron chi connectivity index (χ0n) is 11.3. The molecule has 2 rings (SSSR count). The first kappa shape index (κ1) is 13.9. The molecule has 0 aromatic heterocycles. The highest BCUT2D eigenvalue weighted by Gasteiger charge is 2.23. The van der Waals surface area contributed by atoms with Crippen LogP contribution in [-0.2, 0) is 0 Å². The van der Waals surface area contributed by atoms with Crippen LogP contribution in [0.15, 0.2) is 24.3 Å². The summed E-state index contributed by atoms with van der Waals surface area (Å²) in [5.41, 5.74) is 1.76. The summed E-state index contributed by atoms with van der Waals surface area (Å²) in [6.45, 7) is 5.23. The molecule has 0 radical (unpaired) electrons. The number of nitrogens with zero attached hydrogens (tertiary/aromatic N) is 2. The van der Waals surface area contributed by atoms with Crippen molar-refractivity contribution in [1.82, 2.24) is 5.32 Å². The van der Waals surface area contributed by atoms with Crippen molar-refractivity contribution in [2.24, 2.45) is 5.92 Å². The summed E-state index contributed by atoms with van der Waals surface area (Å²) in [6.07, 6.45) is 0.747. The number of hydrogen-bond acceptors (Lipinski definition) is 4. The Labute approximate surface area is 114 Å². The lowest BCUT2D eigenvalue weighted by Gasteiger charge is -2.32. The zero-order valence-corrected chi connectivity index (χ0v) is 11.3. The monoisotopic (exact) mass is 259 g/mol. The SMILES string of the molecule is CC1CNCC(CCO)N(c2cccc(C#N)c2)C1. The van der Waals surface area contributed by atoms with Crippen LogP contribution in [0.4, 0.5) is 5.69 Å². The van der Waals surface area contributed by atoms with Gasteiger partial charge in [-0.25, -0.2) is 0 Å². The van der Waals surface area contributed by atoms with Crippen molar-refractivity contribution in [3.63, 3.8) is 0 Å². The van der Waals surface area contributed by atoms with Crippen LogP contribution >= 0.6 is 0 Å². The fraction of sp³-hybridized carbons (Fsp3) is 0.533. The standard InChI is InChI=1S/C15H21N3O/c1-12-9-17-10-15(5-6-19)18(11-12)14-4-2-3-13(7-14)8-16/h2-4,7,12,15,17,19H,5-6,9-11H2,1H3. The summed E-state index contributed by atoms with van der Waals surface area (Å²) in [6, 6.07) is 10.2. The second-order valence-corrected chi connectivity index (χ2v) is 5.24. The molecule has 1 saturated heterocycles. The average Bonchev–Trinajstić information content (AvgIpc) is 2.61. The average molecular weight is 259 g/mol. The molecule has 0 amide bonds. The second kappa shape index (κ2) is 6.55. The first-order valence-corrected chi connectivity index (χ1v) is 6.83. The molecule has 4 nitrogen and oxygen atoms in total. The first-order chi connectivity index (χ1) is 9.24. The van der Waals surface area contributed by atoms with Crippen LogP contribution in [0.1, 0.15) is 18.9 Å². The number of nitriles is 1.